The molecule has 1 unspecified atom stereocenters. The van der Waals surface area contributed by atoms with Gasteiger partial charge in [0, 0.05) is 25.3 Å². The summed E-state index contributed by atoms with van der Waals surface area (Å²) in [5.74, 6) is -0.880. The van der Waals surface area contributed by atoms with Crippen molar-refractivity contribution >= 4 is 23.2 Å². The minimum Gasteiger partial charge on any atom is -0.465 e. The van der Waals surface area contributed by atoms with E-state index in [0.29, 0.717) is 33.5 Å². The molecule has 0 aliphatic rings. The molecule has 4 aromatic rings. The molecular weight excluding hydrogens is 468 g/mol. The first-order valence-electron chi connectivity index (χ1n) is 11.1. The van der Waals surface area contributed by atoms with Crippen LogP contribution >= 0.6 is 0 Å². The molecule has 4 heterocycles. The van der Waals surface area contributed by atoms with Crippen LogP contribution in [0.3, 0.4) is 0 Å². The van der Waals surface area contributed by atoms with Crippen molar-refractivity contribution in [1.29, 1.82) is 0 Å². The van der Waals surface area contributed by atoms with Crippen LogP contribution in [-0.2, 0) is 18.9 Å². The van der Waals surface area contributed by atoms with Crippen LogP contribution in [0.15, 0.2) is 24.8 Å². The van der Waals surface area contributed by atoms with Crippen LogP contribution < -0.4 is 0 Å². The van der Waals surface area contributed by atoms with Gasteiger partial charge in [-0.05, 0) is 27.7 Å². The SMILES string of the molecule is COC(=O)c1cnn2cc(C)nc2c1C(C)OC.COC(=O)c1cnn2cc(C)nc2c1[C@H](C)OC. The first-order chi connectivity index (χ1) is 17.2. The Balaban J connectivity index is 0.000000201. The molecule has 0 aliphatic carbocycles. The number of fused-ring (bicyclic) bond motifs is 2. The molecule has 0 aromatic carbocycles. The maximum absolute atomic E-state index is 11.8. The van der Waals surface area contributed by atoms with Crippen LogP contribution in [0.1, 0.15) is 69.3 Å². The molecule has 4 aromatic heterocycles. The van der Waals surface area contributed by atoms with E-state index in [4.69, 9.17) is 18.9 Å². The van der Waals surface area contributed by atoms with E-state index in [9.17, 15) is 9.59 Å². The smallest absolute Gasteiger partial charge is 0.340 e. The van der Waals surface area contributed by atoms with E-state index in [1.165, 1.54) is 26.6 Å². The number of methoxy groups -OCH3 is 4. The summed E-state index contributed by atoms with van der Waals surface area (Å²) >= 11 is 0. The number of aryl methyl sites for hydroxylation is 2. The lowest BCUT2D eigenvalue weighted by atomic mass is 10.1. The highest BCUT2D eigenvalue weighted by molar-refractivity contribution is 5.93. The second-order valence-electron chi connectivity index (χ2n) is 7.98. The van der Waals surface area contributed by atoms with E-state index in [-0.39, 0.29) is 12.2 Å². The van der Waals surface area contributed by atoms with Gasteiger partial charge in [-0.15, -0.1) is 0 Å². The summed E-state index contributed by atoms with van der Waals surface area (Å²) in [5.41, 5.74) is 5.02. The van der Waals surface area contributed by atoms with Gasteiger partial charge >= 0.3 is 11.9 Å². The predicted octanol–water partition coefficient (Wildman–Crippen LogP) is 3.06. The molecule has 12 nitrogen and oxygen atoms in total. The zero-order valence-electron chi connectivity index (χ0n) is 21.6. The van der Waals surface area contributed by atoms with E-state index in [1.807, 2.05) is 27.7 Å². The topological polar surface area (TPSA) is 131 Å². The number of ether oxygens (including phenoxy) is 4. The Hall–Kier alpha value is -3.90. The summed E-state index contributed by atoms with van der Waals surface area (Å²) in [6.07, 6.45) is 6.00. The minimum atomic E-state index is -0.440. The fourth-order valence-electron chi connectivity index (χ4n) is 3.72. The third-order valence-corrected chi connectivity index (χ3v) is 5.63. The molecule has 192 valence electrons. The van der Waals surface area contributed by atoms with Crippen molar-refractivity contribution in [2.24, 2.45) is 0 Å². The average molecular weight is 499 g/mol. The number of hydrogen-bond acceptors (Lipinski definition) is 10. The zero-order valence-corrected chi connectivity index (χ0v) is 21.6. The Kier molecular flexibility index (Phi) is 8.33. The predicted molar refractivity (Wildman–Crippen MR) is 129 cm³/mol. The lowest BCUT2D eigenvalue weighted by Crippen LogP contribution is -2.12. The molecule has 0 fully saturated rings. The Morgan fingerprint density at radius 2 is 1.08 bits per heavy atom. The summed E-state index contributed by atoms with van der Waals surface area (Å²) in [6.45, 7) is 7.44. The van der Waals surface area contributed by atoms with Gasteiger partial charge in [-0.1, -0.05) is 0 Å². The molecule has 4 rings (SSSR count). The number of rotatable bonds is 6. The summed E-state index contributed by atoms with van der Waals surface area (Å²) in [5, 5.41) is 8.29. The second-order valence-corrected chi connectivity index (χ2v) is 7.98. The van der Waals surface area contributed by atoms with Crippen LogP contribution in [0.4, 0.5) is 0 Å². The van der Waals surface area contributed by atoms with Crippen molar-refractivity contribution in [3.05, 3.63) is 58.4 Å². The number of imidazole rings is 2. The van der Waals surface area contributed by atoms with E-state index < -0.39 is 11.9 Å². The molecule has 36 heavy (non-hydrogen) atoms. The van der Waals surface area contributed by atoms with E-state index in [2.05, 4.69) is 20.2 Å². The Bertz CT molecular complexity index is 1290. The van der Waals surface area contributed by atoms with Crippen molar-refractivity contribution in [2.75, 3.05) is 28.4 Å². The third kappa shape index (κ3) is 5.19. The van der Waals surface area contributed by atoms with E-state index in [1.54, 1.807) is 35.6 Å². The third-order valence-electron chi connectivity index (χ3n) is 5.63. The molecular formula is C24H30N6O6. The van der Waals surface area contributed by atoms with Gasteiger partial charge < -0.3 is 18.9 Å². The highest BCUT2D eigenvalue weighted by Crippen LogP contribution is 2.26. The van der Waals surface area contributed by atoms with Gasteiger partial charge in [-0.3, -0.25) is 0 Å². The standard InChI is InChI=1S/2C12H15N3O3/c2*1-7-6-15-11(14-7)10(8(2)17-3)9(5-13-15)12(16)18-4/h2*5-6,8H,1-4H3/t8-;/m0./s1. The lowest BCUT2D eigenvalue weighted by molar-refractivity contribution is 0.0580. The van der Waals surface area contributed by atoms with Crippen LogP contribution in [-0.4, -0.2) is 69.6 Å². The van der Waals surface area contributed by atoms with Crippen molar-refractivity contribution in [3.8, 4) is 0 Å². The number of nitrogens with zero attached hydrogens (tertiary/aromatic N) is 6. The second kappa shape index (κ2) is 11.2. The van der Waals surface area contributed by atoms with Gasteiger partial charge in [0.25, 0.3) is 0 Å². The summed E-state index contributed by atoms with van der Waals surface area (Å²) in [6, 6.07) is 0. The van der Waals surface area contributed by atoms with Crippen LogP contribution in [0.25, 0.3) is 11.3 Å². The molecule has 0 saturated heterocycles. The summed E-state index contributed by atoms with van der Waals surface area (Å²) in [4.78, 5) is 32.2. The first-order valence-corrected chi connectivity index (χ1v) is 11.1. The molecule has 12 heteroatoms. The molecule has 2 atom stereocenters. The Morgan fingerprint density at radius 3 is 1.39 bits per heavy atom. The average Bonchev–Trinajstić information content (AvgIpc) is 3.46. The maximum atomic E-state index is 11.8. The van der Waals surface area contributed by atoms with Crippen LogP contribution in [0.5, 0.6) is 0 Å². The number of carbonyl (C=O) groups excluding carboxylic acids is 2. The van der Waals surface area contributed by atoms with Gasteiger partial charge in [0.15, 0.2) is 11.3 Å². The number of esters is 2. The zero-order chi connectivity index (χ0) is 26.6. The fraction of sp³-hybridized carbons (Fsp3) is 0.417. The van der Waals surface area contributed by atoms with Gasteiger partial charge in [-0.2, -0.15) is 10.2 Å². The largest absolute Gasteiger partial charge is 0.465 e. The van der Waals surface area contributed by atoms with Gasteiger partial charge in [-0.25, -0.2) is 28.6 Å². The number of aromatic nitrogens is 6. The summed E-state index contributed by atoms with van der Waals surface area (Å²) < 4.78 is 23.4. The molecule has 0 radical (unpaired) electrons. The van der Waals surface area contributed by atoms with Crippen molar-refractivity contribution < 1.29 is 28.5 Å². The van der Waals surface area contributed by atoms with Gasteiger partial charge in [0.2, 0.25) is 0 Å². The number of carbonyl (C=O) groups is 2. The molecule has 0 N–H and O–H groups in total. The Morgan fingerprint density at radius 1 is 0.722 bits per heavy atom. The summed E-state index contributed by atoms with van der Waals surface area (Å²) in [7, 11) is 5.84. The molecule has 0 amide bonds. The lowest BCUT2D eigenvalue weighted by Gasteiger charge is -2.14. The van der Waals surface area contributed by atoms with Gasteiger partial charge in [0.1, 0.15) is 0 Å². The van der Waals surface area contributed by atoms with Crippen molar-refractivity contribution in [3.63, 3.8) is 0 Å². The van der Waals surface area contributed by atoms with E-state index in [0.717, 1.165) is 11.4 Å². The highest BCUT2D eigenvalue weighted by Gasteiger charge is 2.23. The van der Waals surface area contributed by atoms with E-state index >= 15 is 0 Å². The first kappa shape index (κ1) is 26.7. The molecule has 0 bridgehead atoms. The highest BCUT2D eigenvalue weighted by atomic mass is 16.5. The minimum absolute atomic E-state index is 0.272. The monoisotopic (exact) mass is 498 g/mol. The quantitative estimate of drug-likeness (QED) is 0.365. The normalized spacial score (nSPS) is 12.7. The molecule has 0 aliphatic heterocycles. The maximum Gasteiger partial charge on any atom is 0.340 e. The van der Waals surface area contributed by atoms with Crippen molar-refractivity contribution in [2.45, 2.75) is 39.9 Å². The molecule has 0 spiro atoms. The fourth-order valence-corrected chi connectivity index (χ4v) is 3.72. The van der Waals surface area contributed by atoms with Crippen LogP contribution in [0.2, 0.25) is 0 Å². The van der Waals surface area contributed by atoms with Gasteiger partial charge in [0.05, 0.1) is 73.7 Å². The number of hydrogen-bond donors (Lipinski definition) is 0. The van der Waals surface area contributed by atoms with Crippen molar-refractivity contribution in [1.82, 2.24) is 29.2 Å². The van der Waals surface area contributed by atoms with Crippen LogP contribution in [0, 0.1) is 13.8 Å². The molecule has 0 saturated carbocycles. The Labute approximate surface area is 208 Å².